The first-order valence-electron chi connectivity index (χ1n) is 11.6. The van der Waals surface area contributed by atoms with Crippen LogP contribution in [0.1, 0.15) is 23.4 Å². The molecule has 0 saturated carbocycles. The molecule has 1 N–H and O–H groups in total. The van der Waals surface area contributed by atoms with Crippen LogP contribution in [-0.4, -0.2) is 33.2 Å². The number of amides is 1. The van der Waals surface area contributed by atoms with Gasteiger partial charge in [0.25, 0.3) is 0 Å². The third-order valence-electron chi connectivity index (χ3n) is 5.68. The highest BCUT2D eigenvalue weighted by atomic mass is 32.2. The number of aryl methyl sites for hydroxylation is 2. The van der Waals surface area contributed by atoms with Gasteiger partial charge in [0.15, 0.2) is 16.7 Å². The van der Waals surface area contributed by atoms with Crippen LogP contribution < -0.4 is 14.8 Å². The molecule has 0 spiro atoms. The molecule has 0 fully saturated rings. The minimum atomic E-state index is -0.00903. The summed E-state index contributed by atoms with van der Waals surface area (Å²) in [7, 11) is 0. The maximum absolute atomic E-state index is 12.4. The summed E-state index contributed by atoms with van der Waals surface area (Å²) in [6, 6.07) is 26.2. The van der Waals surface area contributed by atoms with Crippen molar-refractivity contribution in [2.75, 3.05) is 12.5 Å². The minimum absolute atomic E-state index is 0.00903. The van der Waals surface area contributed by atoms with E-state index in [0.29, 0.717) is 18.7 Å². The van der Waals surface area contributed by atoms with Crippen LogP contribution in [0.4, 0.5) is 0 Å². The zero-order valence-electron chi connectivity index (χ0n) is 19.2. The molecule has 0 atom stereocenters. The number of carbonyl (C=O) groups is 1. The van der Waals surface area contributed by atoms with Gasteiger partial charge < -0.3 is 14.8 Å². The largest absolute Gasteiger partial charge is 0.454 e. The van der Waals surface area contributed by atoms with Crippen molar-refractivity contribution < 1.29 is 14.3 Å². The number of carbonyl (C=O) groups excluding carboxylic acids is 1. The second-order valence-corrected chi connectivity index (χ2v) is 9.18. The van der Waals surface area contributed by atoms with Crippen molar-refractivity contribution >= 4 is 17.7 Å². The number of hydrogen-bond donors (Lipinski definition) is 1. The number of rotatable bonds is 10. The summed E-state index contributed by atoms with van der Waals surface area (Å²) in [5.41, 5.74) is 3.26. The number of para-hydroxylation sites is 1. The lowest BCUT2D eigenvalue weighted by atomic mass is 10.1. The van der Waals surface area contributed by atoms with Crippen LogP contribution in [-0.2, 0) is 24.2 Å². The fourth-order valence-electron chi connectivity index (χ4n) is 3.87. The molecule has 1 amide bonds. The van der Waals surface area contributed by atoms with Gasteiger partial charge in [-0.1, -0.05) is 66.4 Å². The first kappa shape index (κ1) is 23.0. The molecule has 3 aromatic carbocycles. The zero-order valence-corrected chi connectivity index (χ0v) is 20.0. The summed E-state index contributed by atoms with van der Waals surface area (Å²) in [6.45, 7) is 0.688. The molecule has 1 aromatic heterocycles. The number of thioether (sulfide) groups is 1. The monoisotopic (exact) mass is 486 g/mol. The smallest absolute Gasteiger partial charge is 0.231 e. The van der Waals surface area contributed by atoms with Gasteiger partial charge >= 0.3 is 0 Å². The van der Waals surface area contributed by atoms with Gasteiger partial charge in [-0.3, -0.25) is 9.36 Å². The van der Waals surface area contributed by atoms with Gasteiger partial charge in [-0.15, -0.1) is 10.2 Å². The van der Waals surface area contributed by atoms with Crippen LogP contribution in [0.3, 0.4) is 0 Å². The van der Waals surface area contributed by atoms with Gasteiger partial charge in [0, 0.05) is 30.8 Å². The van der Waals surface area contributed by atoms with E-state index in [2.05, 4.69) is 56.5 Å². The number of ether oxygens (including phenoxy) is 2. The summed E-state index contributed by atoms with van der Waals surface area (Å²) < 4.78 is 12.8. The molecule has 7 nitrogen and oxygen atoms in total. The van der Waals surface area contributed by atoms with Crippen molar-refractivity contribution in [2.24, 2.45) is 0 Å². The zero-order chi connectivity index (χ0) is 23.9. The summed E-state index contributed by atoms with van der Waals surface area (Å²) in [5, 5.41) is 12.7. The molecule has 0 unspecified atom stereocenters. The lowest BCUT2D eigenvalue weighted by Crippen LogP contribution is -2.23. The predicted octanol–water partition coefficient (Wildman–Crippen LogP) is 4.58. The molecule has 35 heavy (non-hydrogen) atoms. The number of aromatic nitrogens is 3. The molecular weight excluding hydrogens is 460 g/mol. The number of fused-ring (bicyclic) bond motifs is 1. The fourth-order valence-corrected chi connectivity index (χ4v) is 4.78. The molecule has 0 radical (unpaired) electrons. The van der Waals surface area contributed by atoms with Crippen molar-refractivity contribution in [2.45, 2.75) is 31.0 Å². The van der Waals surface area contributed by atoms with Crippen LogP contribution in [0.15, 0.2) is 84.0 Å². The Balaban J connectivity index is 1.18. The Hall–Kier alpha value is -3.78. The SMILES string of the molecule is O=C(CCSc1nnc(CCc2ccccc2)n1-c1ccccc1)NCc1ccc2c(c1)OCO2. The lowest BCUT2D eigenvalue weighted by Gasteiger charge is -2.10. The third kappa shape index (κ3) is 5.84. The number of benzene rings is 3. The molecule has 1 aliphatic rings. The van der Waals surface area contributed by atoms with Crippen LogP contribution in [0.2, 0.25) is 0 Å². The molecule has 0 bridgehead atoms. The molecule has 1 aliphatic heterocycles. The first-order valence-corrected chi connectivity index (χ1v) is 12.6. The van der Waals surface area contributed by atoms with E-state index < -0.39 is 0 Å². The van der Waals surface area contributed by atoms with Gasteiger partial charge in [-0.2, -0.15) is 0 Å². The van der Waals surface area contributed by atoms with Crippen molar-refractivity contribution in [3.8, 4) is 17.2 Å². The predicted molar refractivity (Wildman–Crippen MR) is 135 cm³/mol. The van der Waals surface area contributed by atoms with Crippen LogP contribution in [0, 0.1) is 0 Å². The van der Waals surface area contributed by atoms with Gasteiger partial charge in [-0.05, 0) is 41.8 Å². The quantitative estimate of drug-likeness (QED) is 0.331. The van der Waals surface area contributed by atoms with Gasteiger partial charge in [0.1, 0.15) is 5.82 Å². The van der Waals surface area contributed by atoms with E-state index in [9.17, 15) is 4.79 Å². The molecule has 178 valence electrons. The Morgan fingerprint density at radius 1 is 0.886 bits per heavy atom. The van der Waals surface area contributed by atoms with E-state index in [1.54, 1.807) is 11.8 Å². The summed E-state index contributed by atoms with van der Waals surface area (Å²) in [6.07, 6.45) is 2.05. The molecular formula is C27H26N4O3S. The Morgan fingerprint density at radius 3 is 2.49 bits per heavy atom. The molecule has 0 aliphatic carbocycles. The Kier molecular flexibility index (Phi) is 7.29. The Morgan fingerprint density at radius 2 is 1.66 bits per heavy atom. The topological polar surface area (TPSA) is 78.3 Å². The number of hydrogen-bond acceptors (Lipinski definition) is 6. The third-order valence-corrected chi connectivity index (χ3v) is 6.61. The molecule has 0 saturated heterocycles. The second kappa shape index (κ2) is 11.1. The van der Waals surface area contributed by atoms with Gasteiger partial charge in [0.2, 0.25) is 12.7 Å². The van der Waals surface area contributed by atoms with Crippen molar-refractivity contribution in [3.05, 3.63) is 95.8 Å². The fraction of sp³-hybridized carbons (Fsp3) is 0.222. The van der Waals surface area contributed by atoms with E-state index in [1.807, 2.05) is 42.5 Å². The van der Waals surface area contributed by atoms with Crippen molar-refractivity contribution in [3.63, 3.8) is 0 Å². The normalized spacial score (nSPS) is 12.0. The highest BCUT2D eigenvalue weighted by Gasteiger charge is 2.16. The minimum Gasteiger partial charge on any atom is -0.454 e. The highest BCUT2D eigenvalue weighted by molar-refractivity contribution is 7.99. The Bertz CT molecular complexity index is 1280. The van der Waals surface area contributed by atoms with Crippen LogP contribution in [0.5, 0.6) is 11.5 Å². The first-order chi connectivity index (χ1) is 17.3. The van der Waals surface area contributed by atoms with Gasteiger partial charge in [-0.25, -0.2) is 0 Å². The maximum atomic E-state index is 12.4. The average molecular weight is 487 g/mol. The van der Waals surface area contributed by atoms with Crippen LogP contribution in [0.25, 0.3) is 5.69 Å². The maximum Gasteiger partial charge on any atom is 0.231 e. The van der Waals surface area contributed by atoms with E-state index in [-0.39, 0.29) is 12.7 Å². The number of nitrogens with one attached hydrogen (secondary N) is 1. The van der Waals surface area contributed by atoms with Crippen molar-refractivity contribution in [1.82, 2.24) is 20.1 Å². The van der Waals surface area contributed by atoms with E-state index >= 15 is 0 Å². The summed E-state index contributed by atoms with van der Waals surface area (Å²) in [4.78, 5) is 12.4. The van der Waals surface area contributed by atoms with E-state index in [1.165, 1.54) is 5.56 Å². The molecule has 2 heterocycles. The van der Waals surface area contributed by atoms with Gasteiger partial charge in [0.05, 0.1) is 0 Å². The summed E-state index contributed by atoms with van der Waals surface area (Å²) in [5.74, 6) is 2.97. The number of nitrogens with zero attached hydrogens (tertiary/aromatic N) is 3. The standard InChI is InChI=1S/C27H26N4O3S/c32-26(28-18-21-11-13-23-24(17-21)34-19-33-23)15-16-35-27-30-29-25(14-12-20-7-3-1-4-8-20)31(27)22-9-5-2-6-10-22/h1-11,13,17H,12,14-16,18-19H2,(H,28,32). The van der Waals surface area contributed by atoms with E-state index in [0.717, 1.165) is 46.6 Å². The van der Waals surface area contributed by atoms with E-state index in [4.69, 9.17) is 9.47 Å². The summed E-state index contributed by atoms with van der Waals surface area (Å²) >= 11 is 1.54. The molecule has 5 rings (SSSR count). The average Bonchev–Trinajstić information content (AvgIpc) is 3.54. The second-order valence-electron chi connectivity index (χ2n) is 8.12. The molecule has 8 heteroatoms. The van der Waals surface area contributed by atoms with Crippen molar-refractivity contribution in [1.29, 1.82) is 0 Å². The van der Waals surface area contributed by atoms with Crippen LogP contribution >= 0.6 is 11.8 Å². The lowest BCUT2D eigenvalue weighted by molar-refractivity contribution is -0.120. The Labute approximate surface area is 208 Å². The molecule has 4 aromatic rings. The highest BCUT2D eigenvalue weighted by Crippen LogP contribution is 2.32.